The molecule has 0 radical (unpaired) electrons. The zero-order valence-electron chi connectivity index (χ0n) is 15.3. The highest BCUT2D eigenvalue weighted by Crippen LogP contribution is 2.38. The van der Waals surface area contributed by atoms with E-state index in [0.29, 0.717) is 12.4 Å². The third-order valence-electron chi connectivity index (χ3n) is 4.67. The van der Waals surface area contributed by atoms with Crippen molar-refractivity contribution in [2.24, 2.45) is 0 Å². The van der Waals surface area contributed by atoms with Crippen molar-refractivity contribution >= 4 is 17.8 Å². The summed E-state index contributed by atoms with van der Waals surface area (Å²) in [6.45, 7) is -0.0780. The Bertz CT molecular complexity index is 958. The third kappa shape index (κ3) is 3.72. The molecule has 28 heavy (non-hydrogen) atoms. The van der Waals surface area contributed by atoms with Gasteiger partial charge in [0.05, 0.1) is 12.1 Å². The summed E-state index contributed by atoms with van der Waals surface area (Å²) in [6, 6.07) is 16.3. The number of anilines is 2. The highest BCUT2D eigenvalue weighted by molar-refractivity contribution is 5.90. The number of carbonyl (C=O) groups excluding carboxylic acids is 1. The topological polar surface area (TPSA) is 81.1 Å². The molecule has 2 aromatic carbocycles. The van der Waals surface area contributed by atoms with Gasteiger partial charge in [-0.15, -0.1) is 5.10 Å². The number of halogens is 1. The van der Waals surface area contributed by atoms with Gasteiger partial charge in [0.2, 0.25) is 5.95 Å². The van der Waals surface area contributed by atoms with Crippen LogP contribution in [0.4, 0.5) is 16.3 Å². The zero-order valence-corrected chi connectivity index (χ0v) is 15.3. The normalized spacial score (nSPS) is 18.2. The summed E-state index contributed by atoms with van der Waals surface area (Å²) < 4.78 is 20.0. The highest BCUT2D eigenvalue weighted by Gasteiger charge is 2.31. The van der Waals surface area contributed by atoms with Crippen molar-refractivity contribution in [1.29, 1.82) is 0 Å². The number of ether oxygens (including phenoxy) is 1. The van der Waals surface area contributed by atoms with E-state index in [4.69, 9.17) is 4.74 Å². The molecule has 7 nitrogen and oxygen atoms in total. The molecule has 4 rings (SSSR count). The molecule has 0 spiro atoms. The van der Waals surface area contributed by atoms with Crippen LogP contribution in [0.1, 0.15) is 29.6 Å². The van der Waals surface area contributed by atoms with Gasteiger partial charge in [-0.3, -0.25) is 10.1 Å². The molecule has 1 aliphatic heterocycles. The van der Waals surface area contributed by atoms with Crippen LogP contribution in [0, 0.1) is 5.82 Å². The molecule has 1 amide bonds. The molecule has 2 N–H and O–H groups in total. The van der Waals surface area contributed by atoms with Crippen molar-refractivity contribution in [2.45, 2.75) is 18.5 Å². The summed E-state index contributed by atoms with van der Waals surface area (Å²) in [5.74, 6) is 0.125. The van der Waals surface area contributed by atoms with E-state index in [2.05, 4.69) is 20.7 Å². The summed E-state index contributed by atoms with van der Waals surface area (Å²) >= 11 is 0. The number of hydrogen-bond acceptors (Lipinski definition) is 5. The van der Waals surface area contributed by atoms with Crippen LogP contribution < -0.4 is 10.6 Å². The first kappa shape index (κ1) is 18.1. The van der Waals surface area contributed by atoms with Gasteiger partial charge in [0.15, 0.2) is 0 Å². The van der Waals surface area contributed by atoms with Crippen LogP contribution in [0.2, 0.25) is 0 Å². The van der Waals surface area contributed by atoms with Crippen LogP contribution in [-0.4, -0.2) is 34.4 Å². The van der Waals surface area contributed by atoms with E-state index < -0.39 is 0 Å². The average molecular weight is 381 g/mol. The quantitative estimate of drug-likeness (QED) is 0.710. The van der Waals surface area contributed by atoms with Gasteiger partial charge >= 0.3 is 0 Å². The molecule has 3 aromatic rings. The lowest BCUT2D eigenvalue weighted by atomic mass is 9.93. The molecular formula is C20H20FN5O2. The Kier molecular flexibility index (Phi) is 5.03. The van der Waals surface area contributed by atoms with E-state index in [1.54, 1.807) is 16.8 Å². The molecule has 0 aliphatic carbocycles. The summed E-state index contributed by atoms with van der Waals surface area (Å²) in [4.78, 5) is 16.2. The Hall–Kier alpha value is -3.26. The van der Waals surface area contributed by atoms with Crippen molar-refractivity contribution in [3.63, 3.8) is 0 Å². The van der Waals surface area contributed by atoms with Crippen molar-refractivity contribution in [1.82, 2.24) is 14.8 Å². The van der Waals surface area contributed by atoms with Crippen LogP contribution in [0.15, 0.2) is 54.6 Å². The number of carbonyl (C=O) groups is 1. The molecule has 0 saturated heterocycles. The maximum atomic E-state index is 13.4. The van der Waals surface area contributed by atoms with Gasteiger partial charge in [0, 0.05) is 7.11 Å². The Morgan fingerprint density at radius 3 is 2.68 bits per heavy atom. The van der Waals surface area contributed by atoms with E-state index >= 15 is 0 Å². The number of nitrogens with one attached hydrogen (secondary N) is 2. The second-order valence-electron chi connectivity index (χ2n) is 6.60. The average Bonchev–Trinajstić information content (AvgIpc) is 3.11. The summed E-state index contributed by atoms with van der Waals surface area (Å²) in [7, 11) is 1.45. The summed E-state index contributed by atoms with van der Waals surface area (Å²) in [5, 5.41) is 10.5. The van der Waals surface area contributed by atoms with Gasteiger partial charge in [-0.05, 0) is 29.7 Å². The lowest BCUT2D eigenvalue weighted by Crippen LogP contribution is -2.28. The molecule has 8 heteroatoms. The van der Waals surface area contributed by atoms with Crippen molar-refractivity contribution in [3.8, 4) is 0 Å². The fraction of sp³-hybridized carbons (Fsp3) is 0.250. The number of rotatable bonds is 5. The van der Waals surface area contributed by atoms with Crippen molar-refractivity contribution < 1.29 is 13.9 Å². The molecular weight excluding hydrogens is 361 g/mol. The highest BCUT2D eigenvalue weighted by atomic mass is 19.1. The lowest BCUT2D eigenvalue weighted by Gasteiger charge is -2.31. The van der Waals surface area contributed by atoms with Crippen LogP contribution in [0.5, 0.6) is 0 Å². The minimum atomic E-state index is -0.330. The largest absolute Gasteiger partial charge is 0.375 e. The second-order valence-corrected chi connectivity index (χ2v) is 6.60. The Morgan fingerprint density at radius 1 is 1.21 bits per heavy atom. The van der Waals surface area contributed by atoms with E-state index in [1.807, 2.05) is 30.3 Å². The number of nitrogens with zero attached hydrogens (tertiary/aromatic N) is 3. The summed E-state index contributed by atoms with van der Waals surface area (Å²) in [5.41, 5.74) is 2.04. The first-order valence-electron chi connectivity index (χ1n) is 8.96. The fourth-order valence-electron chi connectivity index (χ4n) is 3.39. The van der Waals surface area contributed by atoms with Crippen LogP contribution in [0.25, 0.3) is 0 Å². The number of fused-ring (bicyclic) bond motifs is 1. The second kappa shape index (κ2) is 7.77. The van der Waals surface area contributed by atoms with Gasteiger partial charge in [-0.1, -0.05) is 42.5 Å². The van der Waals surface area contributed by atoms with Crippen LogP contribution in [0.3, 0.4) is 0 Å². The van der Waals surface area contributed by atoms with Gasteiger partial charge in [0.25, 0.3) is 11.9 Å². The Labute approximate surface area is 161 Å². The molecule has 144 valence electrons. The molecule has 1 aliphatic rings. The minimum Gasteiger partial charge on any atom is -0.375 e. The van der Waals surface area contributed by atoms with Crippen LogP contribution in [-0.2, 0) is 9.53 Å². The summed E-state index contributed by atoms with van der Waals surface area (Å²) in [6.07, 6.45) is 0.706. The van der Waals surface area contributed by atoms with E-state index in [-0.39, 0.29) is 36.4 Å². The zero-order chi connectivity index (χ0) is 19.5. The first-order valence-corrected chi connectivity index (χ1v) is 8.96. The van der Waals surface area contributed by atoms with Gasteiger partial charge in [0.1, 0.15) is 12.4 Å². The molecule has 2 heterocycles. The van der Waals surface area contributed by atoms with E-state index in [1.165, 1.54) is 19.2 Å². The number of amides is 1. The van der Waals surface area contributed by atoms with E-state index in [9.17, 15) is 9.18 Å². The number of hydrogen-bond donors (Lipinski definition) is 2. The predicted octanol–water partition coefficient (Wildman–Crippen LogP) is 3.15. The first-order chi connectivity index (χ1) is 13.6. The number of methoxy groups -OCH3 is 1. The number of benzene rings is 2. The standard InChI is InChI=1S/C20H20FN5O2/c1-28-12-18(27)23-19-24-20-22-16(13-5-3-2-4-6-13)11-17(26(20)25-19)14-7-9-15(21)10-8-14/h2-10,16-17H,11-12H2,1H3,(H2,22,23,24,25,27)/t16-,17-/m1/s1. The lowest BCUT2D eigenvalue weighted by molar-refractivity contribution is -0.119. The predicted molar refractivity (Wildman–Crippen MR) is 102 cm³/mol. The monoisotopic (exact) mass is 381 g/mol. The van der Waals surface area contributed by atoms with Crippen molar-refractivity contribution in [3.05, 3.63) is 71.5 Å². The minimum absolute atomic E-state index is 0.00970. The molecule has 0 unspecified atom stereocenters. The smallest absolute Gasteiger partial charge is 0.252 e. The molecule has 1 aromatic heterocycles. The molecule has 0 saturated carbocycles. The Morgan fingerprint density at radius 2 is 1.96 bits per heavy atom. The third-order valence-corrected chi connectivity index (χ3v) is 4.67. The maximum absolute atomic E-state index is 13.4. The molecule has 0 bridgehead atoms. The fourth-order valence-corrected chi connectivity index (χ4v) is 3.39. The Balaban J connectivity index is 1.69. The SMILES string of the molecule is COCC(=O)Nc1nc2n(n1)[C@@H](c1ccc(F)cc1)C[C@H](c1ccccc1)N2. The molecule has 0 fully saturated rings. The molecule has 2 atom stereocenters. The number of aromatic nitrogens is 3. The maximum Gasteiger partial charge on any atom is 0.252 e. The van der Waals surface area contributed by atoms with Gasteiger partial charge in [-0.25, -0.2) is 9.07 Å². The van der Waals surface area contributed by atoms with Gasteiger partial charge in [-0.2, -0.15) is 4.98 Å². The van der Waals surface area contributed by atoms with Crippen LogP contribution >= 0.6 is 0 Å². The van der Waals surface area contributed by atoms with E-state index in [0.717, 1.165) is 11.1 Å². The van der Waals surface area contributed by atoms with Gasteiger partial charge < -0.3 is 10.1 Å². The van der Waals surface area contributed by atoms with Crippen molar-refractivity contribution in [2.75, 3.05) is 24.4 Å².